The molecule has 0 unspecified atom stereocenters. The molecule has 0 amide bonds. The maximum atomic E-state index is 13.1. The van der Waals surface area contributed by atoms with E-state index in [1.54, 1.807) is 0 Å². The topological polar surface area (TPSA) is 76.5 Å². The summed E-state index contributed by atoms with van der Waals surface area (Å²) in [5, 5.41) is 13.4. The zero-order valence-corrected chi connectivity index (χ0v) is 16.2. The van der Waals surface area contributed by atoms with Gasteiger partial charge in [-0.15, -0.1) is 0 Å². The number of benzene rings is 3. The monoisotopic (exact) mass is 393 g/mol. The van der Waals surface area contributed by atoms with Gasteiger partial charge >= 0.3 is 0 Å². The second kappa shape index (κ2) is 7.75. The molecule has 3 aromatic carbocycles. The fraction of sp³-hybridized carbons (Fsp3) is 0.0833. The van der Waals surface area contributed by atoms with Crippen LogP contribution in [0.25, 0.3) is 22.0 Å². The molecule has 0 aliphatic heterocycles. The molecular formula is C24H19N5O. The van der Waals surface area contributed by atoms with E-state index in [4.69, 9.17) is 0 Å². The Hall–Kier alpha value is -4.06. The van der Waals surface area contributed by atoms with Gasteiger partial charge in [0.25, 0.3) is 5.56 Å². The minimum Gasteiger partial charge on any atom is -0.267 e. The summed E-state index contributed by atoms with van der Waals surface area (Å²) in [5.41, 5.74) is 2.72. The van der Waals surface area contributed by atoms with Crippen LogP contribution in [0, 0.1) is 0 Å². The Morgan fingerprint density at radius 3 is 2.23 bits per heavy atom. The molecule has 6 heteroatoms. The van der Waals surface area contributed by atoms with Crippen molar-refractivity contribution in [1.82, 2.24) is 25.0 Å². The molecular weight excluding hydrogens is 374 g/mol. The van der Waals surface area contributed by atoms with Crippen molar-refractivity contribution in [3.05, 3.63) is 112 Å². The number of aromatic amines is 1. The van der Waals surface area contributed by atoms with E-state index < -0.39 is 0 Å². The Kier molecular flexibility index (Phi) is 4.65. The summed E-state index contributed by atoms with van der Waals surface area (Å²) in [6.45, 7) is 0.227. The zero-order valence-electron chi connectivity index (χ0n) is 16.2. The zero-order chi connectivity index (χ0) is 20.3. The number of nitrogens with zero attached hydrogens (tertiary/aromatic N) is 4. The van der Waals surface area contributed by atoms with Crippen molar-refractivity contribution in [2.45, 2.75) is 13.0 Å². The van der Waals surface area contributed by atoms with Gasteiger partial charge in [0.1, 0.15) is 12.4 Å². The molecule has 1 N–H and O–H groups in total. The van der Waals surface area contributed by atoms with Crippen molar-refractivity contribution >= 4 is 10.8 Å². The minimum atomic E-state index is -0.147. The van der Waals surface area contributed by atoms with Gasteiger partial charge in [0.15, 0.2) is 5.82 Å². The van der Waals surface area contributed by atoms with Crippen LogP contribution in [0.15, 0.2) is 89.7 Å². The summed E-state index contributed by atoms with van der Waals surface area (Å²) in [7, 11) is 0. The van der Waals surface area contributed by atoms with Gasteiger partial charge in [0.05, 0.1) is 11.1 Å². The Morgan fingerprint density at radius 1 is 0.800 bits per heavy atom. The first kappa shape index (κ1) is 18.0. The van der Waals surface area contributed by atoms with Gasteiger partial charge in [-0.1, -0.05) is 78.9 Å². The molecule has 0 aliphatic carbocycles. The van der Waals surface area contributed by atoms with Crippen molar-refractivity contribution < 1.29 is 0 Å². The first-order chi connectivity index (χ1) is 14.8. The number of fused-ring (bicyclic) bond motifs is 1. The highest BCUT2D eigenvalue weighted by Crippen LogP contribution is 2.24. The van der Waals surface area contributed by atoms with E-state index >= 15 is 0 Å². The highest BCUT2D eigenvalue weighted by atomic mass is 16.1. The standard InChI is InChI=1S/C24H19N5O/c30-24-20-14-8-7-13-19(20)23(18-11-5-2-6-12-18)28-29(24)16-22-25-21(26-27-22)15-17-9-3-1-4-10-17/h1-14H,15-16H2,(H,25,26,27). The van der Waals surface area contributed by atoms with Crippen LogP contribution >= 0.6 is 0 Å². The quantitative estimate of drug-likeness (QED) is 0.492. The molecule has 6 nitrogen and oxygen atoms in total. The van der Waals surface area contributed by atoms with Gasteiger partial charge in [-0.2, -0.15) is 10.2 Å². The lowest BCUT2D eigenvalue weighted by molar-refractivity contribution is 0.626. The van der Waals surface area contributed by atoms with Crippen LogP contribution in [-0.2, 0) is 13.0 Å². The summed E-state index contributed by atoms with van der Waals surface area (Å²) in [6, 6.07) is 27.5. The van der Waals surface area contributed by atoms with Gasteiger partial charge in [0, 0.05) is 17.4 Å². The normalized spacial score (nSPS) is 11.1. The van der Waals surface area contributed by atoms with Gasteiger partial charge in [-0.25, -0.2) is 9.67 Å². The van der Waals surface area contributed by atoms with Gasteiger partial charge in [-0.3, -0.25) is 9.89 Å². The lowest BCUT2D eigenvalue weighted by atomic mass is 10.1. The first-order valence-electron chi connectivity index (χ1n) is 9.77. The van der Waals surface area contributed by atoms with E-state index in [0.29, 0.717) is 23.5 Å². The molecule has 0 saturated heterocycles. The second-order valence-electron chi connectivity index (χ2n) is 7.08. The van der Waals surface area contributed by atoms with Crippen molar-refractivity contribution in [3.63, 3.8) is 0 Å². The predicted octanol–water partition coefficient (Wildman–Crippen LogP) is 3.82. The summed E-state index contributed by atoms with van der Waals surface area (Å²) in [5.74, 6) is 1.29. The molecule has 0 aliphatic rings. The number of hydrogen-bond donors (Lipinski definition) is 1. The predicted molar refractivity (Wildman–Crippen MR) is 116 cm³/mol. The molecule has 0 fully saturated rings. The summed E-state index contributed by atoms with van der Waals surface area (Å²) >= 11 is 0. The number of rotatable bonds is 5. The molecule has 2 aromatic heterocycles. The number of aromatic nitrogens is 5. The molecule has 0 saturated carbocycles. The van der Waals surface area contributed by atoms with E-state index in [-0.39, 0.29) is 12.1 Å². The van der Waals surface area contributed by atoms with E-state index in [1.807, 2.05) is 84.9 Å². The highest BCUT2D eigenvalue weighted by Gasteiger charge is 2.13. The summed E-state index contributed by atoms with van der Waals surface area (Å²) in [4.78, 5) is 17.6. The van der Waals surface area contributed by atoms with Crippen molar-refractivity contribution in [2.24, 2.45) is 0 Å². The first-order valence-corrected chi connectivity index (χ1v) is 9.77. The van der Waals surface area contributed by atoms with Crippen molar-refractivity contribution in [3.8, 4) is 11.3 Å². The van der Waals surface area contributed by atoms with E-state index in [1.165, 1.54) is 4.68 Å². The smallest absolute Gasteiger partial charge is 0.267 e. The molecule has 0 atom stereocenters. The van der Waals surface area contributed by atoms with Gasteiger partial charge in [0.2, 0.25) is 0 Å². The van der Waals surface area contributed by atoms with Crippen molar-refractivity contribution in [2.75, 3.05) is 0 Å². The van der Waals surface area contributed by atoms with Crippen molar-refractivity contribution in [1.29, 1.82) is 0 Å². The molecule has 0 radical (unpaired) electrons. The summed E-state index contributed by atoms with van der Waals surface area (Å²) < 4.78 is 1.46. The Labute approximate surface area is 172 Å². The number of H-pyrrole nitrogens is 1. The number of hydrogen-bond acceptors (Lipinski definition) is 4. The maximum Gasteiger partial charge on any atom is 0.275 e. The molecule has 0 spiro atoms. The molecule has 5 aromatic rings. The number of nitrogens with one attached hydrogen (secondary N) is 1. The molecule has 146 valence electrons. The third-order valence-corrected chi connectivity index (χ3v) is 5.00. The Morgan fingerprint density at radius 2 is 1.47 bits per heavy atom. The fourth-order valence-corrected chi connectivity index (χ4v) is 3.56. The summed E-state index contributed by atoms with van der Waals surface area (Å²) in [6.07, 6.45) is 0.632. The highest BCUT2D eigenvalue weighted by molar-refractivity contribution is 5.93. The van der Waals surface area contributed by atoms with Crippen LogP contribution in [0.3, 0.4) is 0 Å². The molecule has 0 bridgehead atoms. The second-order valence-corrected chi connectivity index (χ2v) is 7.08. The lowest BCUT2D eigenvalue weighted by Gasteiger charge is -2.10. The Bertz CT molecular complexity index is 1360. The average Bonchev–Trinajstić information content (AvgIpc) is 3.24. The molecule has 30 heavy (non-hydrogen) atoms. The third-order valence-electron chi connectivity index (χ3n) is 5.00. The van der Waals surface area contributed by atoms with Crippen LogP contribution in [0.5, 0.6) is 0 Å². The fourth-order valence-electron chi connectivity index (χ4n) is 3.56. The van der Waals surface area contributed by atoms with Crippen LogP contribution < -0.4 is 5.56 Å². The molecule has 2 heterocycles. The SMILES string of the molecule is O=c1c2ccccc2c(-c2ccccc2)nn1Cc1nc(Cc2ccccc2)n[nH]1. The largest absolute Gasteiger partial charge is 0.275 e. The molecule has 5 rings (SSSR count). The van der Waals surface area contributed by atoms with Crippen LogP contribution in [-0.4, -0.2) is 25.0 Å². The van der Waals surface area contributed by atoms with Crippen LogP contribution in [0.1, 0.15) is 17.2 Å². The van der Waals surface area contributed by atoms with Crippen LogP contribution in [0.2, 0.25) is 0 Å². The average molecular weight is 393 g/mol. The van der Waals surface area contributed by atoms with Gasteiger partial charge < -0.3 is 0 Å². The minimum absolute atomic E-state index is 0.147. The van der Waals surface area contributed by atoms with E-state index in [0.717, 1.165) is 22.2 Å². The third kappa shape index (κ3) is 3.51. The maximum absolute atomic E-state index is 13.1. The van der Waals surface area contributed by atoms with Gasteiger partial charge in [-0.05, 0) is 11.6 Å². The lowest BCUT2D eigenvalue weighted by Crippen LogP contribution is -2.25. The Balaban J connectivity index is 1.52. The van der Waals surface area contributed by atoms with E-state index in [2.05, 4.69) is 20.3 Å². The van der Waals surface area contributed by atoms with E-state index in [9.17, 15) is 4.79 Å². The van der Waals surface area contributed by atoms with Crippen LogP contribution in [0.4, 0.5) is 0 Å².